The van der Waals surface area contributed by atoms with Crippen LogP contribution in [-0.4, -0.2) is 30.4 Å². The zero-order valence-electron chi connectivity index (χ0n) is 23.5. The number of ether oxygens (including phenoxy) is 3. The maximum absolute atomic E-state index is 15.6. The quantitative estimate of drug-likeness (QED) is 0.113. The number of halogens is 3. The fourth-order valence-corrected chi connectivity index (χ4v) is 5.58. The number of aryl methyl sites for hydroxylation is 1. The lowest BCUT2D eigenvalue weighted by atomic mass is 9.77. The van der Waals surface area contributed by atoms with Gasteiger partial charge in [0.05, 0.1) is 24.2 Å². The predicted molar refractivity (Wildman–Crippen MR) is 147 cm³/mol. The number of hydrogen-bond donors (Lipinski definition) is 0. The summed E-state index contributed by atoms with van der Waals surface area (Å²) < 4.78 is 63.2. The molecule has 2 aliphatic rings. The SMILES string of the molecule is CCCCCCCCOc1cc2c(c(F)n1)C(F)(F)C(c1ccc(OCC3OC3CCCCCC)cc1)CC2. The summed E-state index contributed by atoms with van der Waals surface area (Å²) in [7, 11) is 0. The first-order chi connectivity index (χ1) is 18.9. The Labute approximate surface area is 231 Å². The normalized spacial score (nSPS) is 21.4. The molecule has 3 unspecified atom stereocenters. The Morgan fingerprint density at radius 2 is 1.59 bits per heavy atom. The van der Waals surface area contributed by atoms with Crippen molar-refractivity contribution in [3.63, 3.8) is 0 Å². The Bertz CT molecular complexity index is 1030. The molecule has 0 bridgehead atoms. The number of pyridine rings is 1. The van der Waals surface area contributed by atoms with Crippen molar-refractivity contribution in [2.24, 2.45) is 0 Å². The van der Waals surface area contributed by atoms with E-state index in [1.165, 1.54) is 51.0 Å². The summed E-state index contributed by atoms with van der Waals surface area (Å²) in [6.07, 6.45) is 13.5. The van der Waals surface area contributed by atoms with Crippen LogP contribution in [0.3, 0.4) is 0 Å². The first-order valence-electron chi connectivity index (χ1n) is 15.0. The highest BCUT2D eigenvalue weighted by atomic mass is 19.3. The van der Waals surface area contributed by atoms with E-state index in [1.807, 2.05) is 0 Å². The first kappa shape index (κ1) is 29.7. The molecule has 0 amide bonds. The molecule has 1 aliphatic carbocycles. The van der Waals surface area contributed by atoms with Crippen molar-refractivity contribution in [3.05, 3.63) is 53.0 Å². The molecule has 1 aromatic heterocycles. The number of alkyl halides is 2. The molecule has 0 saturated carbocycles. The minimum atomic E-state index is -3.36. The van der Waals surface area contributed by atoms with Crippen molar-refractivity contribution >= 4 is 0 Å². The number of benzene rings is 1. The van der Waals surface area contributed by atoms with Gasteiger partial charge in [0.25, 0.3) is 5.92 Å². The van der Waals surface area contributed by atoms with E-state index >= 15 is 8.78 Å². The molecule has 2 aromatic rings. The molecular formula is C32H44F3NO3. The van der Waals surface area contributed by atoms with Gasteiger partial charge in [0.1, 0.15) is 18.5 Å². The molecule has 1 aromatic carbocycles. The summed E-state index contributed by atoms with van der Waals surface area (Å²) in [5.41, 5.74) is 0.162. The molecule has 1 saturated heterocycles. The van der Waals surface area contributed by atoms with Crippen molar-refractivity contribution < 1.29 is 27.4 Å². The summed E-state index contributed by atoms with van der Waals surface area (Å²) in [4.78, 5) is 3.75. The summed E-state index contributed by atoms with van der Waals surface area (Å²) in [6.45, 7) is 5.25. The predicted octanol–water partition coefficient (Wildman–Crippen LogP) is 8.90. The van der Waals surface area contributed by atoms with Gasteiger partial charge in [-0.05, 0) is 48.9 Å². The number of unbranched alkanes of at least 4 members (excludes halogenated alkanes) is 8. The van der Waals surface area contributed by atoms with Gasteiger partial charge in [-0.25, -0.2) is 8.78 Å². The molecule has 4 rings (SSSR count). The van der Waals surface area contributed by atoms with Crippen molar-refractivity contribution in [3.8, 4) is 11.6 Å². The highest BCUT2D eigenvalue weighted by Gasteiger charge is 2.49. The van der Waals surface area contributed by atoms with Crippen LogP contribution in [0.4, 0.5) is 13.2 Å². The Morgan fingerprint density at radius 1 is 0.897 bits per heavy atom. The van der Waals surface area contributed by atoms with Gasteiger partial charge in [0, 0.05) is 6.07 Å². The summed E-state index contributed by atoms with van der Waals surface area (Å²) in [6, 6.07) is 8.25. The number of rotatable bonds is 17. The van der Waals surface area contributed by atoms with E-state index in [0.29, 0.717) is 30.9 Å². The second-order valence-electron chi connectivity index (χ2n) is 11.1. The van der Waals surface area contributed by atoms with E-state index in [0.717, 1.165) is 25.7 Å². The minimum absolute atomic E-state index is 0.0957. The summed E-state index contributed by atoms with van der Waals surface area (Å²) in [5, 5.41) is 0. The minimum Gasteiger partial charge on any atom is -0.491 e. The van der Waals surface area contributed by atoms with Gasteiger partial charge >= 0.3 is 0 Å². The molecular weight excluding hydrogens is 503 g/mol. The van der Waals surface area contributed by atoms with E-state index < -0.39 is 23.4 Å². The van der Waals surface area contributed by atoms with Crippen molar-refractivity contribution in [2.45, 2.75) is 121 Å². The van der Waals surface area contributed by atoms with Crippen LogP contribution in [-0.2, 0) is 17.1 Å². The Balaban J connectivity index is 1.28. The fourth-order valence-electron chi connectivity index (χ4n) is 5.58. The summed E-state index contributed by atoms with van der Waals surface area (Å²) >= 11 is 0. The van der Waals surface area contributed by atoms with Gasteiger partial charge in [-0.1, -0.05) is 83.8 Å². The molecule has 4 nitrogen and oxygen atoms in total. The average molecular weight is 548 g/mol. The molecule has 39 heavy (non-hydrogen) atoms. The summed E-state index contributed by atoms with van der Waals surface area (Å²) in [5.74, 6) is -4.90. The average Bonchev–Trinajstić information content (AvgIpc) is 3.67. The van der Waals surface area contributed by atoms with Crippen LogP contribution in [0.25, 0.3) is 0 Å². The second-order valence-corrected chi connectivity index (χ2v) is 11.1. The molecule has 7 heteroatoms. The highest BCUT2D eigenvalue weighted by Crippen LogP contribution is 2.50. The third-order valence-electron chi connectivity index (χ3n) is 7.98. The van der Waals surface area contributed by atoms with Gasteiger partial charge in [-0.15, -0.1) is 0 Å². The van der Waals surface area contributed by atoms with Crippen molar-refractivity contribution in [1.82, 2.24) is 4.98 Å². The maximum atomic E-state index is 15.6. The van der Waals surface area contributed by atoms with Gasteiger partial charge in [-0.3, -0.25) is 0 Å². The van der Waals surface area contributed by atoms with Crippen LogP contribution < -0.4 is 9.47 Å². The smallest absolute Gasteiger partial charge is 0.284 e. The van der Waals surface area contributed by atoms with Gasteiger partial charge in [-0.2, -0.15) is 9.37 Å². The molecule has 0 spiro atoms. The lowest BCUT2D eigenvalue weighted by molar-refractivity contribution is -0.0475. The first-order valence-corrected chi connectivity index (χ1v) is 15.0. The van der Waals surface area contributed by atoms with Crippen LogP contribution >= 0.6 is 0 Å². The largest absolute Gasteiger partial charge is 0.491 e. The second kappa shape index (κ2) is 14.4. The lowest BCUT2D eigenvalue weighted by Crippen LogP contribution is -2.32. The lowest BCUT2D eigenvalue weighted by Gasteiger charge is -2.33. The molecule has 3 atom stereocenters. The van der Waals surface area contributed by atoms with Crippen molar-refractivity contribution in [2.75, 3.05) is 13.2 Å². The third kappa shape index (κ3) is 8.12. The topological polar surface area (TPSA) is 43.9 Å². The van der Waals surface area contributed by atoms with Gasteiger partial charge < -0.3 is 14.2 Å². The Morgan fingerprint density at radius 3 is 2.33 bits per heavy atom. The van der Waals surface area contributed by atoms with Gasteiger partial charge in [0.15, 0.2) is 0 Å². The Kier molecular flexibility index (Phi) is 11.0. The standard InChI is InChI=1S/C32H44F3NO3/c1-3-5-7-9-10-12-20-37-29-21-24-16-19-26(32(34,35)30(24)31(33)36-29)23-14-17-25(18-15-23)38-22-28-27(39-28)13-11-8-6-4-2/h14-15,17-18,21,26-28H,3-13,16,19-20,22H2,1-2H3. The number of nitrogens with zero attached hydrogens (tertiary/aromatic N) is 1. The Hall–Kier alpha value is -2.28. The van der Waals surface area contributed by atoms with Crippen LogP contribution in [0.1, 0.15) is 114 Å². The van der Waals surface area contributed by atoms with Crippen LogP contribution in [0.15, 0.2) is 30.3 Å². The molecule has 1 aliphatic heterocycles. The van der Waals surface area contributed by atoms with Crippen molar-refractivity contribution in [1.29, 1.82) is 0 Å². The fraction of sp³-hybridized carbons (Fsp3) is 0.656. The molecule has 216 valence electrons. The number of hydrogen-bond acceptors (Lipinski definition) is 4. The monoisotopic (exact) mass is 547 g/mol. The highest BCUT2D eigenvalue weighted by molar-refractivity contribution is 5.41. The van der Waals surface area contributed by atoms with E-state index in [4.69, 9.17) is 14.2 Å². The van der Waals surface area contributed by atoms with Crippen LogP contribution in [0.2, 0.25) is 0 Å². The molecule has 1 fully saturated rings. The number of aromatic nitrogens is 1. The molecule has 0 N–H and O–H groups in total. The van der Waals surface area contributed by atoms with E-state index in [9.17, 15) is 4.39 Å². The van der Waals surface area contributed by atoms with Crippen LogP contribution in [0, 0.1) is 5.95 Å². The van der Waals surface area contributed by atoms with Gasteiger partial charge in [0.2, 0.25) is 11.8 Å². The van der Waals surface area contributed by atoms with E-state index in [1.54, 1.807) is 24.3 Å². The van der Waals surface area contributed by atoms with E-state index in [2.05, 4.69) is 18.8 Å². The number of epoxide rings is 1. The maximum Gasteiger partial charge on any atom is 0.284 e. The van der Waals surface area contributed by atoms with Crippen LogP contribution in [0.5, 0.6) is 11.6 Å². The molecule has 2 heterocycles. The molecule has 0 radical (unpaired) electrons. The zero-order chi connectivity index (χ0) is 27.7. The third-order valence-corrected chi connectivity index (χ3v) is 7.98. The zero-order valence-corrected chi connectivity index (χ0v) is 23.5. The number of fused-ring (bicyclic) bond motifs is 1. The van der Waals surface area contributed by atoms with E-state index in [-0.39, 0.29) is 30.1 Å².